The Kier molecular flexibility index (Phi) is 5.14. The number of hydrogen-bond acceptors (Lipinski definition) is 2. The maximum absolute atomic E-state index is 12.2. The van der Waals surface area contributed by atoms with E-state index in [4.69, 9.17) is 0 Å². The van der Waals surface area contributed by atoms with Gasteiger partial charge in [-0.2, -0.15) is 0 Å². The zero-order chi connectivity index (χ0) is 15.4. The van der Waals surface area contributed by atoms with Gasteiger partial charge in [0, 0.05) is 24.7 Å². The highest BCUT2D eigenvalue weighted by Crippen LogP contribution is 2.19. The van der Waals surface area contributed by atoms with Gasteiger partial charge in [0.1, 0.15) is 0 Å². The Labute approximate surface area is 134 Å². The fourth-order valence-corrected chi connectivity index (χ4v) is 3.79. The highest BCUT2D eigenvalue weighted by molar-refractivity contribution is 5.94. The van der Waals surface area contributed by atoms with Crippen LogP contribution in [0.2, 0.25) is 0 Å². The number of rotatable bonds is 4. The highest BCUT2D eigenvalue weighted by atomic mass is 16.1. The van der Waals surface area contributed by atoms with Crippen molar-refractivity contribution in [2.24, 2.45) is 5.92 Å². The first-order valence-corrected chi connectivity index (χ1v) is 8.83. The molecule has 1 aliphatic heterocycles. The van der Waals surface area contributed by atoms with E-state index >= 15 is 0 Å². The van der Waals surface area contributed by atoms with E-state index in [-0.39, 0.29) is 5.91 Å². The van der Waals surface area contributed by atoms with Gasteiger partial charge in [-0.1, -0.05) is 31.9 Å². The van der Waals surface area contributed by atoms with Gasteiger partial charge in [-0.15, -0.1) is 0 Å². The first kappa shape index (κ1) is 15.5. The predicted molar refractivity (Wildman–Crippen MR) is 89.8 cm³/mol. The number of carbonyl (C=O) groups excluding carboxylic acids is 1. The molecule has 3 rings (SSSR count). The van der Waals surface area contributed by atoms with Crippen molar-refractivity contribution in [3.8, 4) is 0 Å². The van der Waals surface area contributed by atoms with E-state index < -0.39 is 0 Å². The summed E-state index contributed by atoms with van der Waals surface area (Å²) in [5.41, 5.74) is 2.11. The van der Waals surface area contributed by atoms with Crippen LogP contribution < -0.4 is 5.32 Å². The van der Waals surface area contributed by atoms with Crippen LogP contribution >= 0.6 is 0 Å². The molecular weight excluding hydrogens is 272 g/mol. The van der Waals surface area contributed by atoms with Gasteiger partial charge in [0.15, 0.2) is 0 Å². The molecule has 1 N–H and O–H groups in total. The van der Waals surface area contributed by atoms with Crippen LogP contribution in [0, 0.1) is 5.92 Å². The topological polar surface area (TPSA) is 32.3 Å². The normalized spacial score (nSPS) is 23.6. The van der Waals surface area contributed by atoms with Crippen LogP contribution in [0.3, 0.4) is 0 Å². The van der Waals surface area contributed by atoms with Crippen molar-refractivity contribution in [1.82, 2.24) is 10.2 Å². The molecule has 2 fully saturated rings. The molecule has 22 heavy (non-hydrogen) atoms. The lowest BCUT2D eigenvalue weighted by molar-refractivity contribution is 0.0938. The summed E-state index contributed by atoms with van der Waals surface area (Å²) in [6.45, 7) is 5.75. The van der Waals surface area contributed by atoms with Crippen molar-refractivity contribution in [3.05, 3.63) is 35.4 Å². The number of likely N-dealkylation sites (tertiary alicyclic amines) is 1. The summed E-state index contributed by atoms with van der Waals surface area (Å²) >= 11 is 0. The molecule has 1 aromatic carbocycles. The molecule has 120 valence electrons. The van der Waals surface area contributed by atoms with Crippen molar-refractivity contribution >= 4 is 5.91 Å². The molecule has 1 amide bonds. The zero-order valence-electron chi connectivity index (χ0n) is 13.7. The minimum Gasteiger partial charge on any atom is -0.349 e. The van der Waals surface area contributed by atoms with Crippen LogP contribution in [0.5, 0.6) is 0 Å². The lowest BCUT2D eigenvalue weighted by Crippen LogP contribution is -2.34. The average molecular weight is 300 g/mol. The molecule has 0 bridgehead atoms. The van der Waals surface area contributed by atoms with Crippen molar-refractivity contribution in [2.75, 3.05) is 13.1 Å². The minimum absolute atomic E-state index is 0.0880. The molecule has 1 saturated carbocycles. The van der Waals surface area contributed by atoms with Crippen LogP contribution in [0.4, 0.5) is 0 Å². The summed E-state index contributed by atoms with van der Waals surface area (Å²) in [5.74, 6) is 0.898. The molecule has 1 atom stereocenters. The number of nitrogens with zero attached hydrogens (tertiary/aromatic N) is 1. The molecule has 1 heterocycles. The van der Waals surface area contributed by atoms with Gasteiger partial charge >= 0.3 is 0 Å². The van der Waals surface area contributed by atoms with Crippen LogP contribution in [0.15, 0.2) is 24.3 Å². The van der Waals surface area contributed by atoms with E-state index in [2.05, 4.69) is 29.3 Å². The van der Waals surface area contributed by atoms with E-state index in [1.807, 2.05) is 12.1 Å². The van der Waals surface area contributed by atoms with Gasteiger partial charge < -0.3 is 5.32 Å². The van der Waals surface area contributed by atoms with Crippen molar-refractivity contribution < 1.29 is 4.79 Å². The fraction of sp³-hybridized carbons (Fsp3) is 0.632. The first-order valence-electron chi connectivity index (χ1n) is 8.83. The number of piperidine rings is 1. The third-order valence-electron chi connectivity index (χ3n) is 5.05. The van der Waals surface area contributed by atoms with E-state index in [1.54, 1.807) is 0 Å². The Balaban J connectivity index is 1.54. The van der Waals surface area contributed by atoms with Gasteiger partial charge in [-0.3, -0.25) is 9.69 Å². The highest BCUT2D eigenvalue weighted by Gasteiger charge is 2.18. The van der Waals surface area contributed by atoms with Crippen LogP contribution in [0.1, 0.15) is 61.4 Å². The van der Waals surface area contributed by atoms with Gasteiger partial charge in [0.25, 0.3) is 5.91 Å². The first-order chi connectivity index (χ1) is 10.7. The van der Waals surface area contributed by atoms with E-state index in [0.29, 0.717) is 6.04 Å². The molecule has 3 heteroatoms. The van der Waals surface area contributed by atoms with Crippen LogP contribution in [-0.4, -0.2) is 29.9 Å². The van der Waals surface area contributed by atoms with E-state index in [9.17, 15) is 4.79 Å². The molecule has 1 saturated heterocycles. The smallest absolute Gasteiger partial charge is 0.251 e. The second kappa shape index (κ2) is 7.28. The molecule has 0 unspecified atom stereocenters. The number of amides is 1. The van der Waals surface area contributed by atoms with Gasteiger partial charge in [-0.25, -0.2) is 0 Å². The maximum atomic E-state index is 12.2. The Hall–Kier alpha value is -1.35. The maximum Gasteiger partial charge on any atom is 0.251 e. The summed E-state index contributed by atoms with van der Waals surface area (Å²) in [6, 6.07) is 8.58. The van der Waals surface area contributed by atoms with E-state index in [0.717, 1.165) is 30.9 Å². The SMILES string of the molecule is C[C@@H]1CCCN(Cc2ccc(C(=O)NC3CCCC3)cc2)C1. The van der Waals surface area contributed by atoms with E-state index in [1.165, 1.54) is 44.3 Å². The third-order valence-corrected chi connectivity index (χ3v) is 5.05. The quantitative estimate of drug-likeness (QED) is 0.921. The second-order valence-electron chi connectivity index (χ2n) is 7.13. The molecule has 3 nitrogen and oxygen atoms in total. The predicted octanol–water partition coefficient (Wildman–Crippen LogP) is 3.59. The summed E-state index contributed by atoms with van der Waals surface area (Å²) < 4.78 is 0. The number of hydrogen-bond donors (Lipinski definition) is 1. The monoisotopic (exact) mass is 300 g/mol. The number of nitrogens with one attached hydrogen (secondary N) is 1. The van der Waals surface area contributed by atoms with Crippen LogP contribution in [0.25, 0.3) is 0 Å². The van der Waals surface area contributed by atoms with Crippen molar-refractivity contribution in [1.29, 1.82) is 0 Å². The molecular formula is C19H28N2O. The lowest BCUT2D eigenvalue weighted by Gasteiger charge is -2.30. The van der Waals surface area contributed by atoms with Crippen molar-refractivity contribution in [2.45, 2.75) is 58.0 Å². The Morgan fingerprint density at radius 1 is 1.14 bits per heavy atom. The lowest BCUT2D eigenvalue weighted by atomic mass is 9.99. The van der Waals surface area contributed by atoms with Gasteiger partial charge in [0.2, 0.25) is 0 Å². The molecule has 1 aliphatic carbocycles. The summed E-state index contributed by atoms with van der Waals surface area (Å²) in [5, 5.41) is 3.15. The molecule has 0 aromatic heterocycles. The number of benzene rings is 1. The zero-order valence-corrected chi connectivity index (χ0v) is 13.7. The van der Waals surface area contributed by atoms with Gasteiger partial charge in [-0.05, 0) is 55.8 Å². The molecule has 1 aromatic rings. The Morgan fingerprint density at radius 3 is 2.55 bits per heavy atom. The van der Waals surface area contributed by atoms with Crippen LogP contribution in [-0.2, 0) is 6.54 Å². The Morgan fingerprint density at radius 2 is 1.86 bits per heavy atom. The third kappa shape index (κ3) is 4.10. The molecule has 0 spiro atoms. The largest absolute Gasteiger partial charge is 0.349 e. The average Bonchev–Trinajstić information content (AvgIpc) is 3.01. The summed E-state index contributed by atoms with van der Waals surface area (Å²) in [6.07, 6.45) is 7.43. The summed E-state index contributed by atoms with van der Waals surface area (Å²) in [4.78, 5) is 14.8. The number of carbonyl (C=O) groups is 1. The molecule has 0 radical (unpaired) electrons. The fourth-order valence-electron chi connectivity index (χ4n) is 3.79. The molecule has 2 aliphatic rings. The standard InChI is InChI=1S/C19H28N2O/c1-15-5-4-12-21(13-15)14-16-8-10-17(11-9-16)19(22)20-18-6-2-3-7-18/h8-11,15,18H,2-7,12-14H2,1H3,(H,20,22)/t15-/m1/s1. The van der Waals surface area contributed by atoms with Crippen molar-refractivity contribution in [3.63, 3.8) is 0 Å². The second-order valence-corrected chi connectivity index (χ2v) is 7.13. The minimum atomic E-state index is 0.0880. The summed E-state index contributed by atoms with van der Waals surface area (Å²) in [7, 11) is 0. The van der Waals surface area contributed by atoms with Gasteiger partial charge in [0.05, 0.1) is 0 Å². The Bertz CT molecular complexity index is 491.